The van der Waals surface area contributed by atoms with Gasteiger partial charge in [-0.15, -0.1) is 0 Å². The minimum absolute atomic E-state index is 0.0401. The molecule has 0 N–H and O–H groups in total. The summed E-state index contributed by atoms with van der Waals surface area (Å²) < 4.78 is 6.94. The van der Waals surface area contributed by atoms with Crippen LogP contribution in [0, 0.1) is 0 Å². The van der Waals surface area contributed by atoms with Crippen molar-refractivity contribution in [2.24, 2.45) is 7.05 Å². The molecule has 1 amide bonds. The Hall–Kier alpha value is -2.93. The number of carbonyl (C=O) groups is 1. The molecule has 1 aromatic carbocycles. The number of ether oxygens (including phenoxy) is 1. The van der Waals surface area contributed by atoms with Gasteiger partial charge in [-0.05, 0) is 37.4 Å². The molecule has 1 aliphatic rings. The highest BCUT2D eigenvalue weighted by Crippen LogP contribution is 2.27. The maximum absolute atomic E-state index is 13.2. The first-order chi connectivity index (χ1) is 13.1. The van der Waals surface area contributed by atoms with Gasteiger partial charge in [0.05, 0.1) is 30.0 Å². The molecule has 0 saturated carbocycles. The molecule has 140 valence electrons. The standard InChI is InChI=1S/C20H23N5O2/c1-23-8-10-25(11-9-23)20(26)16-12-18(14-4-6-15(27-3)7-5-14)22-19-17(16)13-21-24(19)2/h4-7,12-13H,8-11H2,1-3H3. The van der Waals surface area contributed by atoms with Crippen LogP contribution in [0.1, 0.15) is 10.4 Å². The van der Waals surface area contributed by atoms with Gasteiger partial charge in [-0.3, -0.25) is 9.48 Å². The summed E-state index contributed by atoms with van der Waals surface area (Å²) in [5.74, 6) is 0.826. The molecule has 0 aliphatic carbocycles. The second-order valence-electron chi connectivity index (χ2n) is 6.88. The van der Waals surface area contributed by atoms with Gasteiger partial charge in [0.25, 0.3) is 5.91 Å². The molecule has 1 fully saturated rings. The van der Waals surface area contributed by atoms with E-state index in [0.29, 0.717) is 11.2 Å². The Morgan fingerprint density at radius 2 is 1.78 bits per heavy atom. The number of benzene rings is 1. The Labute approximate surface area is 158 Å². The number of pyridine rings is 1. The van der Waals surface area contributed by atoms with Crippen molar-refractivity contribution in [1.82, 2.24) is 24.6 Å². The first-order valence-electron chi connectivity index (χ1n) is 9.02. The van der Waals surface area contributed by atoms with E-state index >= 15 is 0 Å². The summed E-state index contributed by atoms with van der Waals surface area (Å²) in [5.41, 5.74) is 3.06. The monoisotopic (exact) mass is 365 g/mol. The van der Waals surface area contributed by atoms with Crippen molar-refractivity contribution in [3.8, 4) is 17.0 Å². The van der Waals surface area contributed by atoms with Crippen LogP contribution < -0.4 is 4.74 Å². The molecule has 4 rings (SSSR count). The SMILES string of the molecule is COc1ccc(-c2cc(C(=O)N3CCN(C)CC3)c3cnn(C)c3n2)cc1. The van der Waals surface area contributed by atoms with Gasteiger partial charge < -0.3 is 14.5 Å². The number of aromatic nitrogens is 3. The van der Waals surface area contributed by atoms with Gasteiger partial charge in [-0.1, -0.05) is 0 Å². The van der Waals surface area contributed by atoms with Gasteiger partial charge in [-0.25, -0.2) is 4.98 Å². The van der Waals surface area contributed by atoms with E-state index in [1.54, 1.807) is 18.0 Å². The van der Waals surface area contributed by atoms with Gasteiger partial charge in [0, 0.05) is 38.8 Å². The van der Waals surface area contributed by atoms with Crippen molar-refractivity contribution < 1.29 is 9.53 Å². The number of nitrogens with zero attached hydrogens (tertiary/aromatic N) is 5. The molecule has 0 spiro atoms. The molecule has 1 aliphatic heterocycles. The zero-order valence-corrected chi connectivity index (χ0v) is 15.8. The average Bonchev–Trinajstić information content (AvgIpc) is 3.08. The Kier molecular flexibility index (Phi) is 4.53. The van der Waals surface area contributed by atoms with E-state index in [9.17, 15) is 4.79 Å². The molecule has 0 radical (unpaired) electrons. The van der Waals surface area contributed by atoms with Gasteiger partial charge >= 0.3 is 0 Å². The summed E-state index contributed by atoms with van der Waals surface area (Å²) in [5, 5.41) is 5.10. The van der Waals surface area contributed by atoms with E-state index < -0.39 is 0 Å². The average molecular weight is 365 g/mol. The lowest BCUT2D eigenvalue weighted by molar-refractivity contribution is 0.0666. The number of likely N-dealkylation sites (N-methyl/N-ethyl adjacent to an activating group) is 1. The summed E-state index contributed by atoms with van der Waals surface area (Å²) in [6.45, 7) is 3.24. The number of hydrogen-bond donors (Lipinski definition) is 0. The minimum atomic E-state index is 0.0401. The van der Waals surface area contributed by atoms with Crippen molar-refractivity contribution >= 4 is 16.9 Å². The molecule has 7 nitrogen and oxygen atoms in total. The molecular weight excluding hydrogens is 342 g/mol. The molecule has 3 aromatic rings. The van der Waals surface area contributed by atoms with Crippen LogP contribution in [0.5, 0.6) is 5.75 Å². The molecule has 27 heavy (non-hydrogen) atoms. The summed E-state index contributed by atoms with van der Waals surface area (Å²) in [4.78, 5) is 22.1. The van der Waals surface area contributed by atoms with Gasteiger partial charge in [-0.2, -0.15) is 5.10 Å². The predicted molar refractivity (Wildman–Crippen MR) is 104 cm³/mol. The summed E-state index contributed by atoms with van der Waals surface area (Å²) >= 11 is 0. The molecular formula is C20H23N5O2. The molecule has 7 heteroatoms. The third kappa shape index (κ3) is 3.26. The van der Waals surface area contributed by atoms with Crippen molar-refractivity contribution in [1.29, 1.82) is 0 Å². The highest BCUT2D eigenvalue weighted by Gasteiger charge is 2.24. The second kappa shape index (κ2) is 7.00. The van der Waals surface area contributed by atoms with Gasteiger partial charge in [0.2, 0.25) is 0 Å². The lowest BCUT2D eigenvalue weighted by atomic mass is 10.1. The predicted octanol–water partition coefficient (Wildman–Crippen LogP) is 2.03. The number of hydrogen-bond acceptors (Lipinski definition) is 5. The van der Waals surface area contributed by atoms with Crippen LogP contribution in [0.4, 0.5) is 0 Å². The second-order valence-corrected chi connectivity index (χ2v) is 6.88. The number of rotatable bonds is 3. The topological polar surface area (TPSA) is 63.5 Å². The highest BCUT2D eigenvalue weighted by molar-refractivity contribution is 6.06. The van der Waals surface area contributed by atoms with E-state index in [-0.39, 0.29) is 5.91 Å². The van der Waals surface area contributed by atoms with E-state index in [1.165, 1.54) is 0 Å². The molecule has 0 unspecified atom stereocenters. The lowest BCUT2D eigenvalue weighted by Gasteiger charge is -2.32. The zero-order valence-electron chi connectivity index (χ0n) is 15.8. The van der Waals surface area contributed by atoms with Crippen LogP contribution in [0.2, 0.25) is 0 Å². The van der Waals surface area contributed by atoms with Gasteiger partial charge in [0.15, 0.2) is 5.65 Å². The molecule has 0 bridgehead atoms. The largest absolute Gasteiger partial charge is 0.497 e. The van der Waals surface area contributed by atoms with Crippen LogP contribution in [0.25, 0.3) is 22.3 Å². The smallest absolute Gasteiger partial charge is 0.254 e. The Balaban J connectivity index is 1.78. The summed E-state index contributed by atoms with van der Waals surface area (Å²) in [6.07, 6.45) is 1.73. The van der Waals surface area contributed by atoms with Gasteiger partial charge in [0.1, 0.15) is 5.75 Å². The number of methoxy groups -OCH3 is 1. The minimum Gasteiger partial charge on any atom is -0.497 e. The normalized spacial score (nSPS) is 15.3. The maximum Gasteiger partial charge on any atom is 0.254 e. The number of carbonyl (C=O) groups excluding carboxylic acids is 1. The number of aryl methyl sites for hydroxylation is 1. The quantitative estimate of drug-likeness (QED) is 0.711. The van der Waals surface area contributed by atoms with E-state index in [0.717, 1.165) is 48.6 Å². The third-order valence-corrected chi connectivity index (χ3v) is 5.11. The molecule has 1 saturated heterocycles. The van der Waals surface area contributed by atoms with Crippen molar-refractivity contribution in [2.45, 2.75) is 0 Å². The molecule has 0 atom stereocenters. The van der Waals surface area contributed by atoms with Crippen molar-refractivity contribution in [3.63, 3.8) is 0 Å². The van der Waals surface area contributed by atoms with Crippen LogP contribution in [0.3, 0.4) is 0 Å². The van der Waals surface area contributed by atoms with Crippen molar-refractivity contribution in [2.75, 3.05) is 40.3 Å². The van der Waals surface area contributed by atoms with Crippen LogP contribution in [-0.2, 0) is 7.05 Å². The Bertz CT molecular complexity index is 972. The fraction of sp³-hybridized carbons (Fsp3) is 0.350. The van der Waals surface area contributed by atoms with E-state index in [1.807, 2.05) is 42.3 Å². The van der Waals surface area contributed by atoms with Crippen molar-refractivity contribution in [3.05, 3.63) is 42.1 Å². The highest BCUT2D eigenvalue weighted by atomic mass is 16.5. The summed E-state index contributed by atoms with van der Waals surface area (Å²) in [6, 6.07) is 9.58. The Morgan fingerprint density at radius 3 is 2.44 bits per heavy atom. The molecule has 2 aromatic heterocycles. The number of fused-ring (bicyclic) bond motifs is 1. The third-order valence-electron chi connectivity index (χ3n) is 5.11. The van der Waals surface area contributed by atoms with E-state index in [4.69, 9.17) is 9.72 Å². The Morgan fingerprint density at radius 1 is 1.07 bits per heavy atom. The van der Waals surface area contributed by atoms with E-state index in [2.05, 4.69) is 17.0 Å². The first-order valence-corrected chi connectivity index (χ1v) is 9.02. The fourth-order valence-corrected chi connectivity index (χ4v) is 3.38. The summed E-state index contributed by atoms with van der Waals surface area (Å²) in [7, 11) is 5.56. The fourth-order valence-electron chi connectivity index (χ4n) is 3.38. The lowest BCUT2D eigenvalue weighted by Crippen LogP contribution is -2.47. The maximum atomic E-state index is 13.2. The number of amides is 1. The molecule has 3 heterocycles. The van der Waals surface area contributed by atoms with Crippen LogP contribution in [-0.4, -0.2) is 70.8 Å². The number of piperazine rings is 1. The van der Waals surface area contributed by atoms with Crippen LogP contribution >= 0.6 is 0 Å². The zero-order chi connectivity index (χ0) is 19.0. The first kappa shape index (κ1) is 17.5. The van der Waals surface area contributed by atoms with Crippen LogP contribution in [0.15, 0.2) is 36.5 Å².